The molecule has 0 atom stereocenters. The number of fused-ring (bicyclic) bond motifs is 1. The van der Waals surface area contributed by atoms with Crippen LogP contribution in [0.25, 0.3) is 22.2 Å². The van der Waals surface area contributed by atoms with Gasteiger partial charge in [0.1, 0.15) is 5.00 Å². The van der Waals surface area contributed by atoms with Gasteiger partial charge in [0.15, 0.2) is 5.13 Å². The molecular formula is C18H17N5OS2. The van der Waals surface area contributed by atoms with Gasteiger partial charge in [-0.2, -0.15) is 4.37 Å². The van der Waals surface area contributed by atoms with Crippen LogP contribution in [-0.2, 0) is 0 Å². The third kappa shape index (κ3) is 2.77. The van der Waals surface area contributed by atoms with Crippen molar-refractivity contribution in [2.45, 2.75) is 13.8 Å². The molecule has 0 saturated carbocycles. The fraction of sp³-hybridized carbons (Fsp3) is 0.167. The van der Waals surface area contributed by atoms with E-state index in [-0.39, 0.29) is 5.91 Å². The average molecular weight is 384 g/mol. The largest absolute Gasteiger partial charge is 0.378 e. The van der Waals surface area contributed by atoms with E-state index in [2.05, 4.69) is 31.0 Å². The summed E-state index contributed by atoms with van der Waals surface area (Å²) >= 11 is 2.69. The van der Waals surface area contributed by atoms with E-state index >= 15 is 0 Å². The van der Waals surface area contributed by atoms with Crippen molar-refractivity contribution in [3.8, 4) is 11.3 Å². The van der Waals surface area contributed by atoms with Gasteiger partial charge in [0.25, 0.3) is 5.91 Å². The van der Waals surface area contributed by atoms with Gasteiger partial charge in [-0.05, 0) is 31.4 Å². The summed E-state index contributed by atoms with van der Waals surface area (Å²) < 4.78 is 4.24. The quantitative estimate of drug-likeness (QED) is 0.479. The average Bonchev–Trinajstić information content (AvgIpc) is 3.30. The first-order valence-electron chi connectivity index (χ1n) is 8.07. The number of benzene rings is 1. The van der Waals surface area contributed by atoms with Gasteiger partial charge in [0.2, 0.25) is 0 Å². The van der Waals surface area contributed by atoms with Gasteiger partial charge in [-0.15, -0.1) is 11.3 Å². The van der Waals surface area contributed by atoms with Crippen molar-refractivity contribution >= 4 is 49.8 Å². The highest BCUT2D eigenvalue weighted by Crippen LogP contribution is 2.34. The molecular weight excluding hydrogens is 366 g/mol. The molecule has 4 rings (SSSR count). The number of carbonyl (C=O) groups excluding carboxylic acids is 1. The Balaban J connectivity index is 1.65. The number of aryl methyl sites for hydroxylation is 2. The molecule has 26 heavy (non-hydrogen) atoms. The van der Waals surface area contributed by atoms with Crippen LogP contribution in [0.4, 0.5) is 10.1 Å². The first-order chi connectivity index (χ1) is 12.6. The van der Waals surface area contributed by atoms with Gasteiger partial charge in [-0.1, -0.05) is 18.2 Å². The Morgan fingerprint density at radius 3 is 2.85 bits per heavy atom. The van der Waals surface area contributed by atoms with Crippen molar-refractivity contribution in [3.05, 3.63) is 46.6 Å². The topological polar surface area (TPSA) is 82.7 Å². The fourth-order valence-corrected chi connectivity index (χ4v) is 4.46. The zero-order valence-electron chi connectivity index (χ0n) is 14.5. The molecule has 0 radical (unpaired) electrons. The number of hydrogen-bond donors (Lipinski definition) is 3. The summed E-state index contributed by atoms with van der Waals surface area (Å²) in [6.45, 7) is 3.86. The molecule has 132 valence electrons. The molecule has 0 aliphatic rings. The van der Waals surface area contributed by atoms with Crippen LogP contribution in [0.15, 0.2) is 29.6 Å². The molecule has 0 fully saturated rings. The number of amides is 1. The van der Waals surface area contributed by atoms with Crippen molar-refractivity contribution in [1.82, 2.24) is 14.3 Å². The molecule has 3 heterocycles. The van der Waals surface area contributed by atoms with E-state index in [1.165, 1.54) is 22.9 Å². The number of para-hydroxylation sites is 1. The summed E-state index contributed by atoms with van der Waals surface area (Å²) in [5.41, 5.74) is 5.34. The number of thiazole rings is 1. The Morgan fingerprint density at radius 1 is 1.23 bits per heavy atom. The van der Waals surface area contributed by atoms with Crippen LogP contribution in [0.1, 0.15) is 21.7 Å². The molecule has 8 heteroatoms. The number of carbonyl (C=O) groups is 1. The fourth-order valence-electron chi connectivity index (χ4n) is 3.02. The molecule has 6 nitrogen and oxygen atoms in total. The molecule has 0 aliphatic heterocycles. The molecule has 0 saturated heterocycles. The Labute approximate surface area is 158 Å². The second-order valence-electron chi connectivity index (χ2n) is 5.88. The second-order valence-corrected chi connectivity index (χ2v) is 7.52. The lowest BCUT2D eigenvalue weighted by atomic mass is 10.1. The predicted molar refractivity (Wildman–Crippen MR) is 108 cm³/mol. The van der Waals surface area contributed by atoms with Gasteiger partial charge in [-0.3, -0.25) is 10.1 Å². The Hall–Kier alpha value is -2.71. The van der Waals surface area contributed by atoms with Gasteiger partial charge >= 0.3 is 0 Å². The van der Waals surface area contributed by atoms with Crippen molar-refractivity contribution < 1.29 is 4.79 Å². The summed E-state index contributed by atoms with van der Waals surface area (Å²) in [6, 6.07) is 8.14. The molecule has 1 aromatic carbocycles. The summed E-state index contributed by atoms with van der Waals surface area (Å²) in [7, 11) is 1.78. The molecule has 4 aromatic rings. The van der Waals surface area contributed by atoms with E-state index in [9.17, 15) is 4.79 Å². The normalized spacial score (nSPS) is 11.0. The maximum Gasteiger partial charge on any atom is 0.262 e. The molecule has 1 amide bonds. The van der Waals surface area contributed by atoms with Crippen LogP contribution in [-0.4, -0.2) is 27.3 Å². The monoisotopic (exact) mass is 383 g/mol. The van der Waals surface area contributed by atoms with Crippen LogP contribution < -0.4 is 10.6 Å². The molecule has 0 aliphatic carbocycles. The van der Waals surface area contributed by atoms with E-state index in [0.717, 1.165) is 32.9 Å². The predicted octanol–water partition coefficient (Wildman–Crippen LogP) is 4.66. The third-order valence-corrected chi connectivity index (χ3v) is 5.90. The van der Waals surface area contributed by atoms with Crippen LogP contribution in [0.2, 0.25) is 0 Å². The molecule has 0 bridgehead atoms. The number of aromatic amines is 1. The maximum absolute atomic E-state index is 12.6. The van der Waals surface area contributed by atoms with Crippen LogP contribution in [0.3, 0.4) is 0 Å². The zero-order chi connectivity index (χ0) is 18.3. The van der Waals surface area contributed by atoms with Crippen molar-refractivity contribution in [2.24, 2.45) is 0 Å². The van der Waals surface area contributed by atoms with E-state index in [1.54, 1.807) is 7.05 Å². The van der Waals surface area contributed by atoms with Crippen molar-refractivity contribution in [1.29, 1.82) is 0 Å². The first-order valence-corrected chi connectivity index (χ1v) is 9.72. The Morgan fingerprint density at radius 2 is 2.04 bits per heavy atom. The lowest BCUT2D eigenvalue weighted by Crippen LogP contribution is -2.13. The molecule has 0 unspecified atom stereocenters. The number of nitrogens with one attached hydrogen (secondary N) is 3. The summed E-state index contributed by atoms with van der Waals surface area (Å²) in [6.07, 6.45) is 0. The summed E-state index contributed by atoms with van der Waals surface area (Å²) in [5, 5.41) is 10.3. The first kappa shape index (κ1) is 16.7. The van der Waals surface area contributed by atoms with Gasteiger partial charge < -0.3 is 10.3 Å². The highest BCUT2D eigenvalue weighted by molar-refractivity contribution is 7.14. The minimum absolute atomic E-state index is 0.197. The Kier molecular flexibility index (Phi) is 4.21. The lowest BCUT2D eigenvalue weighted by molar-refractivity contribution is 0.102. The number of H-pyrrole nitrogens is 1. The highest BCUT2D eigenvalue weighted by Gasteiger charge is 2.20. The molecule has 3 N–H and O–H groups in total. The Bertz CT molecular complexity index is 1110. The van der Waals surface area contributed by atoms with Crippen molar-refractivity contribution in [2.75, 3.05) is 17.7 Å². The smallest absolute Gasteiger partial charge is 0.262 e. The van der Waals surface area contributed by atoms with Gasteiger partial charge in [0.05, 0.1) is 17.0 Å². The van der Waals surface area contributed by atoms with E-state index in [4.69, 9.17) is 0 Å². The minimum atomic E-state index is -0.197. The van der Waals surface area contributed by atoms with E-state index in [1.807, 2.05) is 37.4 Å². The number of anilines is 2. The van der Waals surface area contributed by atoms with Crippen LogP contribution in [0.5, 0.6) is 0 Å². The summed E-state index contributed by atoms with van der Waals surface area (Å²) in [5.74, 6) is -0.197. The molecule has 3 aromatic heterocycles. The summed E-state index contributed by atoms with van der Waals surface area (Å²) in [4.78, 5) is 20.6. The van der Waals surface area contributed by atoms with E-state index in [0.29, 0.717) is 16.4 Å². The number of rotatable bonds is 4. The third-order valence-electron chi connectivity index (χ3n) is 4.19. The standard InChI is InChI=1S/C18H17N5OS2/c1-9-14(11-6-4-5-7-12(11)20-9)13-8-25-18(21-13)22-16(24)15-10(2)23-26-17(15)19-3/h4-8,19-20H,1-3H3,(H,21,22,24). The zero-order valence-corrected chi connectivity index (χ0v) is 16.1. The van der Waals surface area contributed by atoms with Crippen molar-refractivity contribution in [3.63, 3.8) is 0 Å². The highest BCUT2D eigenvalue weighted by atomic mass is 32.1. The van der Waals surface area contributed by atoms with Gasteiger partial charge in [0, 0.05) is 34.6 Å². The molecule has 0 spiro atoms. The SMILES string of the molecule is CNc1snc(C)c1C(=O)Nc1nc(-c2c(C)[nH]c3ccccc23)cs1. The van der Waals surface area contributed by atoms with Crippen LogP contribution in [0, 0.1) is 13.8 Å². The number of hydrogen-bond acceptors (Lipinski definition) is 6. The van der Waals surface area contributed by atoms with Crippen LogP contribution >= 0.6 is 22.9 Å². The minimum Gasteiger partial charge on any atom is -0.378 e. The number of nitrogens with zero attached hydrogens (tertiary/aromatic N) is 2. The number of aromatic nitrogens is 3. The second kappa shape index (κ2) is 6.54. The lowest BCUT2D eigenvalue weighted by Gasteiger charge is -2.03. The van der Waals surface area contributed by atoms with E-state index < -0.39 is 0 Å². The maximum atomic E-state index is 12.6. The van der Waals surface area contributed by atoms with Gasteiger partial charge in [-0.25, -0.2) is 4.98 Å².